The van der Waals surface area contributed by atoms with E-state index in [9.17, 15) is 0 Å². The topological polar surface area (TPSA) is 0 Å². The second-order valence-electron chi connectivity index (χ2n) is 3.53. The molecule has 0 N–H and O–H groups in total. The minimum absolute atomic E-state index is 0. The van der Waals surface area contributed by atoms with Crippen molar-refractivity contribution in [2.45, 2.75) is 39.4 Å². The second-order valence-corrected chi connectivity index (χ2v) is 8.67. The molecule has 0 aromatic rings. The van der Waals surface area contributed by atoms with Crippen LogP contribution in [-0.2, 0) is 17.1 Å². The van der Waals surface area contributed by atoms with Crippen LogP contribution in [0.2, 0.25) is 19.6 Å². The average molecular weight is 389 g/mol. The Labute approximate surface area is 132 Å². The van der Waals surface area contributed by atoms with Crippen molar-refractivity contribution in [2.24, 2.45) is 0 Å². The molecule has 0 bridgehead atoms. The van der Waals surface area contributed by atoms with Gasteiger partial charge in [-0.1, -0.05) is 39.4 Å². The summed E-state index contributed by atoms with van der Waals surface area (Å²) >= 11 is 0. The quantitative estimate of drug-likeness (QED) is 0.350. The molecule has 0 atom stereocenters. The van der Waals surface area contributed by atoms with Crippen molar-refractivity contribution in [3.05, 3.63) is 11.8 Å². The predicted molar refractivity (Wildman–Crippen MR) is 51.8 cm³/mol. The molecule has 0 amide bonds. The number of halogens is 2. The van der Waals surface area contributed by atoms with Gasteiger partial charge in [0, 0.05) is 8.07 Å². The van der Waals surface area contributed by atoms with Gasteiger partial charge in [-0.25, -0.2) is 0 Å². The third kappa shape index (κ3) is 16.9. The van der Waals surface area contributed by atoms with Crippen LogP contribution in [0.15, 0.2) is 5.20 Å². The molecule has 0 aliphatic heterocycles. The molecule has 5 heteroatoms. The van der Waals surface area contributed by atoms with Gasteiger partial charge in [0.1, 0.15) is 0 Å². The SMILES string of the molecule is [Br-].[Br-].[CH-]=C(CCC)[Si](C)(C)C.[Cu+].[Mg+2]. The molecule has 0 rings (SSSR count). The van der Waals surface area contributed by atoms with Crippen LogP contribution < -0.4 is 34.0 Å². The third-order valence-electron chi connectivity index (χ3n) is 1.48. The van der Waals surface area contributed by atoms with E-state index in [2.05, 4.69) is 26.6 Å². The standard InChI is InChI=1S/C8H17Si.2BrH.Cu.Mg/c1-6-7-8(2)9(3,4)5;;;;/h2H,6-7H2,1,3-5H3;2*1H;;/q-1;;;+1;+2/p-2. The van der Waals surface area contributed by atoms with Crippen LogP contribution in [-0.4, -0.2) is 31.1 Å². The zero-order valence-electron chi connectivity index (χ0n) is 8.76. The van der Waals surface area contributed by atoms with E-state index in [-0.39, 0.29) is 74.1 Å². The van der Waals surface area contributed by atoms with Crippen LogP contribution in [0.1, 0.15) is 19.8 Å². The molecule has 0 aromatic heterocycles. The van der Waals surface area contributed by atoms with E-state index in [0.717, 1.165) is 6.42 Å². The molecule has 13 heavy (non-hydrogen) atoms. The first-order valence-corrected chi connectivity index (χ1v) is 7.10. The first-order chi connectivity index (χ1) is 3.98. The minimum atomic E-state index is -1.09. The van der Waals surface area contributed by atoms with E-state index >= 15 is 0 Å². The van der Waals surface area contributed by atoms with Crippen molar-refractivity contribution >= 4 is 31.1 Å². The molecule has 0 saturated carbocycles. The van der Waals surface area contributed by atoms with Gasteiger partial charge in [-0.2, -0.15) is 0 Å². The van der Waals surface area contributed by atoms with Gasteiger partial charge in [0.15, 0.2) is 0 Å². The van der Waals surface area contributed by atoms with Crippen LogP contribution in [0, 0.1) is 6.58 Å². The maximum atomic E-state index is 5.84. The fraction of sp³-hybridized carbons (Fsp3) is 0.750. The van der Waals surface area contributed by atoms with Crippen molar-refractivity contribution in [3.8, 4) is 0 Å². The van der Waals surface area contributed by atoms with E-state index in [0.29, 0.717) is 0 Å². The van der Waals surface area contributed by atoms with Crippen LogP contribution >= 0.6 is 0 Å². The molecule has 0 fully saturated rings. The van der Waals surface area contributed by atoms with Crippen LogP contribution in [0.3, 0.4) is 0 Å². The van der Waals surface area contributed by atoms with Crippen molar-refractivity contribution in [1.82, 2.24) is 0 Å². The first kappa shape index (κ1) is 29.5. The van der Waals surface area contributed by atoms with Gasteiger partial charge in [-0.05, 0) is 0 Å². The zero-order chi connectivity index (χ0) is 7.49. The number of hydrogen-bond acceptors (Lipinski definition) is 0. The van der Waals surface area contributed by atoms with Gasteiger partial charge in [-0.15, -0.1) is 0 Å². The second kappa shape index (κ2) is 14.2. The maximum Gasteiger partial charge on any atom is 2.00 e. The van der Waals surface area contributed by atoms with Crippen molar-refractivity contribution in [3.63, 3.8) is 0 Å². The van der Waals surface area contributed by atoms with E-state index in [1.807, 2.05) is 0 Å². The monoisotopic (exact) mass is 386 g/mol. The van der Waals surface area contributed by atoms with E-state index in [4.69, 9.17) is 6.58 Å². The zero-order valence-corrected chi connectivity index (χ0v) is 15.3. The van der Waals surface area contributed by atoms with Crippen LogP contribution in [0.4, 0.5) is 0 Å². The van der Waals surface area contributed by atoms with Gasteiger partial charge >= 0.3 is 40.1 Å². The predicted octanol–water partition coefficient (Wildman–Crippen LogP) is -3.35. The Morgan fingerprint density at radius 1 is 1.15 bits per heavy atom. The fourth-order valence-corrected chi connectivity index (χ4v) is 1.64. The summed E-state index contributed by atoms with van der Waals surface area (Å²) in [5, 5.41) is 1.25. The molecule has 0 radical (unpaired) electrons. The summed E-state index contributed by atoms with van der Waals surface area (Å²) in [5.74, 6) is 0. The minimum Gasteiger partial charge on any atom is -1.00 e. The first-order valence-electron chi connectivity index (χ1n) is 3.60. The molecular formula is C8H17Br2CuMgSi. The van der Waals surface area contributed by atoms with Gasteiger partial charge in [0.2, 0.25) is 0 Å². The van der Waals surface area contributed by atoms with E-state index < -0.39 is 8.07 Å². The Bertz CT molecular complexity index is 115. The van der Waals surface area contributed by atoms with Crippen molar-refractivity contribution in [1.29, 1.82) is 0 Å². The Morgan fingerprint density at radius 3 is 1.54 bits per heavy atom. The summed E-state index contributed by atoms with van der Waals surface area (Å²) in [6.07, 6.45) is 2.31. The molecule has 0 aliphatic rings. The summed E-state index contributed by atoms with van der Waals surface area (Å²) in [6, 6.07) is 0. The normalized spacial score (nSPS) is 8.00. The smallest absolute Gasteiger partial charge is 1.00 e. The van der Waals surface area contributed by atoms with Crippen LogP contribution in [0.25, 0.3) is 0 Å². The van der Waals surface area contributed by atoms with Crippen molar-refractivity contribution < 1.29 is 51.0 Å². The number of hydrogen-bond donors (Lipinski definition) is 0. The molecular weight excluding hydrogens is 372 g/mol. The van der Waals surface area contributed by atoms with Crippen molar-refractivity contribution in [2.75, 3.05) is 0 Å². The van der Waals surface area contributed by atoms with Gasteiger partial charge in [0.05, 0.1) is 0 Å². The Morgan fingerprint density at radius 2 is 1.46 bits per heavy atom. The maximum absolute atomic E-state index is 5.84. The van der Waals surface area contributed by atoms with E-state index in [1.165, 1.54) is 11.6 Å². The molecule has 0 aromatic carbocycles. The fourth-order valence-electron chi connectivity index (χ4n) is 0.644. The molecule has 0 unspecified atom stereocenters. The molecule has 0 heterocycles. The molecule has 80 valence electrons. The summed E-state index contributed by atoms with van der Waals surface area (Å²) in [5.41, 5.74) is 0. The van der Waals surface area contributed by atoms with E-state index in [1.54, 1.807) is 0 Å². The van der Waals surface area contributed by atoms with Crippen LogP contribution in [0.5, 0.6) is 0 Å². The largest absolute Gasteiger partial charge is 2.00 e. The van der Waals surface area contributed by atoms with Gasteiger partial charge in [-0.3, -0.25) is 5.20 Å². The molecule has 0 spiro atoms. The van der Waals surface area contributed by atoms with Gasteiger partial charge < -0.3 is 40.5 Å². The number of allylic oxidation sites excluding steroid dienone is 1. The Kier molecular flexibility index (Phi) is 32.2. The summed E-state index contributed by atoms with van der Waals surface area (Å²) < 4.78 is 0. The summed E-state index contributed by atoms with van der Waals surface area (Å²) in [4.78, 5) is 0. The molecule has 0 saturated heterocycles. The Hall–Kier alpha value is 2.20. The summed E-state index contributed by atoms with van der Waals surface area (Å²) in [6.45, 7) is 14.9. The third-order valence-corrected chi connectivity index (χ3v) is 3.66. The number of rotatable bonds is 3. The van der Waals surface area contributed by atoms with Gasteiger partial charge in [0.25, 0.3) is 0 Å². The molecule has 0 nitrogen and oxygen atoms in total. The summed E-state index contributed by atoms with van der Waals surface area (Å²) in [7, 11) is -1.09. The Balaban J connectivity index is -0.0000000533. The average Bonchev–Trinajstić information content (AvgIpc) is 1.64. The molecule has 0 aliphatic carbocycles.